The smallest absolute Gasteiger partial charge is 0.338 e. The van der Waals surface area contributed by atoms with E-state index in [-0.39, 0.29) is 76.7 Å². The quantitative estimate of drug-likeness (QED) is 0.0527. The first-order chi connectivity index (χ1) is 41.7. The van der Waals surface area contributed by atoms with Crippen LogP contribution in [0.1, 0.15) is 230 Å². The minimum absolute atomic E-state index is 0. The van der Waals surface area contributed by atoms with Crippen molar-refractivity contribution < 1.29 is 61.5 Å². The highest BCUT2D eigenvalue weighted by Crippen LogP contribution is 2.29. The lowest BCUT2D eigenvalue weighted by atomic mass is 9.94. The topological polar surface area (TPSA) is 158 Å². The van der Waals surface area contributed by atoms with Gasteiger partial charge in [0.25, 0.3) is 0 Å². The van der Waals surface area contributed by atoms with Gasteiger partial charge in [0.2, 0.25) is 0 Å². The number of carbonyl (C=O) groups is 6. The monoisotopic (exact) mass is 1170 g/mol. The molecule has 0 spiro atoms. The maximum atomic E-state index is 12.5. The first-order valence-corrected chi connectivity index (χ1v) is 31.4. The molecule has 9 rings (SSSR count). The summed E-state index contributed by atoms with van der Waals surface area (Å²) >= 11 is 0. The van der Waals surface area contributed by atoms with Gasteiger partial charge >= 0.3 is 35.8 Å². The summed E-state index contributed by atoms with van der Waals surface area (Å²) in [6, 6.07) is 45.3. The number of unbranched alkanes of at least 4 members (excludes halogenated alkanes) is 2. The predicted molar refractivity (Wildman–Crippen MR) is 341 cm³/mol. The molecule has 12 nitrogen and oxygen atoms in total. The van der Waals surface area contributed by atoms with Crippen LogP contribution in [-0.4, -0.2) is 72.4 Å². The summed E-state index contributed by atoms with van der Waals surface area (Å²) in [7, 11) is 0. The molecule has 86 heavy (non-hydrogen) atoms. The molecule has 0 bridgehead atoms. The van der Waals surface area contributed by atoms with Crippen molar-refractivity contribution in [3.05, 3.63) is 212 Å². The number of aryl methyl sites for hydroxylation is 6. The fraction of sp³-hybridized carbons (Fsp3) is 0.432. The number of carbonyl (C=O) groups excluding carboxylic acids is 6. The van der Waals surface area contributed by atoms with Gasteiger partial charge in [-0.05, 0) is 224 Å². The van der Waals surface area contributed by atoms with Gasteiger partial charge < -0.3 is 28.4 Å². The zero-order valence-electron chi connectivity index (χ0n) is 51.4. The molecule has 0 heterocycles. The van der Waals surface area contributed by atoms with Gasteiger partial charge in [-0.3, -0.25) is 0 Å². The summed E-state index contributed by atoms with van der Waals surface area (Å²) in [4.78, 5) is 73.9. The van der Waals surface area contributed by atoms with Gasteiger partial charge in [-0.1, -0.05) is 124 Å². The van der Waals surface area contributed by atoms with E-state index in [2.05, 4.69) is 27.7 Å². The number of ether oxygens (including phenoxy) is 6. The van der Waals surface area contributed by atoms with Crippen LogP contribution in [-0.2, 0) is 54.1 Å². The van der Waals surface area contributed by atoms with Crippen molar-refractivity contribution in [2.45, 2.75) is 207 Å². The molecule has 3 fully saturated rings. The number of rotatable bonds is 20. The summed E-state index contributed by atoms with van der Waals surface area (Å²) in [6.07, 6.45) is 16.5. The van der Waals surface area contributed by atoms with Crippen LogP contribution in [0.5, 0.6) is 0 Å². The van der Waals surface area contributed by atoms with Crippen LogP contribution >= 0.6 is 0 Å². The maximum absolute atomic E-state index is 12.5. The second-order valence-electron chi connectivity index (χ2n) is 23.1. The molecule has 12 heteroatoms. The summed E-state index contributed by atoms with van der Waals surface area (Å²) < 4.78 is 33.9. The maximum Gasteiger partial charge on any atom is 0.338 e. The third-order valence-electron chi connectivity index (χ3n) is 16.3. The summed E-state index contributed by atoms with van der Waals surface area (Å²) in [5.41, 5.74) is 10.6. The molecule has 0 radical (unpaired) electrons. The number of esters is 6. The number of benzene rings is 6. The largest absolute Gasteiger partial charge is 0.459 e. The van der Waals surface area contributed by atoms with E-state index in [0.29, 0.717) is 110 Å². The van der Waals surface area contributed by atoms with Crippen molar-refractivity contribution in [1.29, 1.82) is 0 Å². The standard InChI is InChI=1S/C28H36O4.C24H28O4.C22H24O4.3H2/c1-3-5-7-21-9-13-23(14-10-21)27(29)31-25-17-19-26(20-18-25)32-28(30)24-15-11-22(12-16-24)8-6-4-2;1-3-17-5-9-19(10-6-17)23(25)27-21-13-15-22(16-14-21)28-24(26)20-11-7-18(4-2)8-12-20;1-15-3-7-17(8-4-15)21(23)25-19-11-13-20(14-12-19)26-22(24)18-9-5-16(2)6-10-18;;;/h9-16,25-26H,3-8,17-20H2,1-2H3;5-12,21-22H,3-4,13-16H2,1-2H3;3-10,19-20H,11-14H2,1-2H3;3*1H. The molecule has 3 aliphatic carbocycles. The lowest BCUT2D eigenvalue weighted by Gasteiger charge is -2.28. The second kappa shape index (κ2) is 34.3. The Balaban J connectivity index is 0.000000282. The predicted octanol–water partition coefficient (Wildman–Crippen LogP) is 17.2. The fourth-order valence-electron chi connectivity index (χ4n) is 10.6. The lowest BCUT2D eigenvalue weighted by Crippen LogP contribution is -2.29. The fourth-order valence-corrected chi connectivity index (χ4v) is 10.6. The van der Waals surface area contributed by atoms with Crippen LogP contribution in [0, 0.1) is 13.8 Å². The molecule has 6 aromatic rings. The van der Waals surface area contributed by atoms with Crippen LogP contribution in [0.15, 0.2) is 146 Å². The molecule has 0 aliphatic heterocycles. The Labute approximate surface area is 514 Å². The number of hydrogen-bond acceptors (Lipinski definition) is 12. The molecule has 3 aliphatic rings. The van der Waals surface area contributed by atoms with Crippen molar-refractivity contribution in [1.82, 2.24) is 0 Å². The van der Waals surface area contributed by atoms with E-state index in [9.17, 15) is 28.8 Å². The Kier molecular flexibility index (Phi) is 26.2. The third-order valence-corrected chi connectivity index (χ3v) is 16.3. The Morgan fingerprint density at radius 2 is 0.465 bits per heavy atom. The van der Waals surface area contributed by atoms with Gasteiger partial charge in [0, 0.05) is 4.28 Å². The minimum Gasteiger partial charge on any atom is -0.459 e. The van der Waals surface area contributed by atoms with E-state index in [4.69, 9.17) is 28.4 Å². The van der Waals surface area contributed by atoms with Crippen molar-refractivity contribution in [2.75, 3.05) is 0 Å². The highest BCUT2D eigenvalue weighted by Gasteiger charge is 2.30. The first-order valence-electron chi connectivity index (χ1n) is 31.4. The molecule has 462 valence electrons. The van der Waals surface area contributed by atoms with Gasteiger partial charge in [-0.25, -0.2) is 28.8 Å². The van der Waals surface area contributed by atoms with Crippen molar-refractivity contribution in [3.8, 4) is 0 Å². The van der Waals surface area contributed by atoms with Gasteiger partial charge in [-0.2, -0.15) is 0 Å². The Bertz CT molecular complexity index is 2860. The second-order valence-corrected chi connectivity index (χ2v) is 23.1. The lowest BCUT2D eigenvalue weighted by molar-refractivity contribution is -0.0108. The zero-order chi connectivity index (χ0) is 61.2. The Morgan fingerprint density at radius 1 is 0.291 bits per heavy atom. The van der Waals surface area contributed by atoms with E-state index in [1.54, 1.807) is 24.3 Å². The van der Waals surface area contributed by atoms with Crippen LogP contribution in [0.25, 0.3) is 0 Å². The molecule has 0 aromatic heterocycles. The summed E-state index contributed by atoms with van der Waals surface area (Å²) in [6.45, 7) is 12.5. The van der Waals surface area contributed by atoms with Crippen molar-refractivity contribution in [3.63, 3.8) is 0 Å². The average Bonchev–Trinajstić information content (AvgIpc) is 3.74. The Morgan fingerprint density at radius 3 is 0.640 bits per heavy atom. The van der Waals surface area contributed by atoms with Gasteiger partial charge in [-0.15, -0.1) is 0 Å². The van der Waals surface area contributed by atoms with Gasteiger partial charge in [0.15, 0.2) is 0 Å². The van der Waals surface area contributed by atoms with Crippen molar-refractivity contribution >= 4 is 35.8 Å². The van der Waals surface area contributed by atoms with Crippen LogP contribution in [0.2, 0.25) is 0 Å². The zero-order valence-corrected chi connectivity index (χ0v) is 51.4. The van der Waals surface area contributed by atoms with Gasteiger partial charge in [0.05, 0.1) is 33.4 Å². The van der Waals surface area contributed by atoms with E-state index in [0.717, 1.165) is 62.5 Å². The SMILES string of the molecule is CCCCc1ccc(C(=O)OC2CCC(OC(=O)c3ccc(CCCC)cc3)CC2)cc1.CCc1ccc(C(=O)OC2CCC(OC(=O)c3ccc(CC)cc3)CC2)cc1.Cc1ccc(C(=O)OC2CCC(OC(=O)c3ccc(C)cc3)CC2)cc1.[HH].[HH].[HH]. The highest BCUT2D eigenvalue weighted by atomic mass is 16.6. The Hall–Kier alpha value is -7.86. The normalized spacial score (nSPS) is 18.9. The molecule has 0 amide bonds. The molecule has 3 saturated carbocycles. The minimum atomic E-state index is -0.287. The molecule has 0 N–H and O–H groups in total. The molecule has 0 saturated heterocycles. The van der Waals surface area contributed by atoms with Crippen LogP contribution < -0.4 is 0 Å². The average molecular weight is 1180 g/mol. The summed E-state index contributed by atoms with van der Waals surface area (Å²) in [5, 5.41) is 0. The molecule has 0 unspecified atom stereocenters. The highest BCUT2D eigenvalue weighted by molar-refractivity contribution is 5.92. The molecule has 0 atom stereocenters. The van der Waals surface area contributed by atoms with Crippen molar-refractivity contribution in [2.24, 2.45) is 0 Å². The van der Waals surface area contributed by atoms with Crippen LogP contribution in [0.3, 0.4) is 0 Å². The third kappa shape index (κ3) is 21.3. The summed E-state index contributed by atoms with van der Waals surface area (Å²) in [5.74, 6) is -1.67. The molecule has 6 aromatic carbocycles. The van der Waals surface area contributed by atoms with Crippen LogP contribution in [0.4, 0.5) is 0 Å². The van der Waals surface area contributed by atoms with E-state index in [1.807, 2.05) is 135 Å². The molecular weight excluding hydrogens is 1080 g/mol. The van der Waals surface area contributed by atoms with Gasteiger partial charge in [0.1, 0.15) is 36.6 Å². The van der Waals surface area contributed by atoms with E-state index in [1.165, 1.54) is 22.3 Å². The van der Waals surface area contributed by atoms with E-state index < -0.39 is 0 Å². The van der Waals surface area contributed by atoms with E-state index >= 15 is 0 Å². The number of hydrogen-bond donors (Lipinski definition) is 0. The molecular formula is C74H94O12. The first kappa shape index (κ1) is 65.7.